The number of nitrogens with one attached hydrogen (secondary N) is 1. The van der Waals surface area contributed by atoms with Gasteiger partial charge in [0, 0.05) is 44.2 Å². The number of hydrogen-bond donors (Lipinski definition) is 1. The molecule has 0 aliphatic rings. The molecule has 0 spiro atoms. The van der Waals surface area contributed by atoms with E-state index in [1.165, 1.54) is 6.07 Å². The van der Waals surface area contributed by atoms with Gasteiger partial charge in [-0.3, -0.25) is 4.90 Å². The van der Waals surface area contributed by atoms with E-state index in [-0.39, 0.29) is 5.82 Å². The number of benzene rings is 1. The molecule has 0 saturated heterocycles. The quantitative estimate of drug-likeness (QED) is 0.845. The van der Waals surface area contributed by atoms with E-state index in [1.807, 2.05) is 25.3 Å². The molecule has 0 bridgehead atoms. The topological polar surface area (TPSA) is 41.1 Å². The third kappa shape index (κ3) is 4.15. The standard InChI is InChI=1S/C15H20FN3O/c1-12-17-9-14(18-12)11-19(7-8-20-2)10-13-5-3-4-6-15(13)16/h3-6,9H,7-8,10-11H2,1-2H3,(H,17,18). The summed E-state index contributed by atoms with van der Waals surface area (Å²) in [7, 11) is 1.67. The molecular formula is C15H20FN3O. The molecule has 0 unspecified atom stereocenters. The number of aromatic nitrogens is 2. The lowest BCUT2D eigenvalue weighted by molar-refractivity contribution is 0.138. The Bertz CT molecular complexity index is 541. The van der Waals surface area contributed by atoms with Crippen molar-refractivity contribution in [2.24, 2.45) is 0 Å². The van der Waals surface area contributed by atoms with Crippen LogP contribution in [0, 0.1) is 12.7 Å². The lowest BCUT2D eigenvalue weighted by Gasteiger charge is -2.21. The van der Waals surface area contributed by atoms with Gasteiger partial charge in [-0.15, -0.1) is 0 Å². The molecule has 1 aromatic heterocycles. The summed E-state index contributed by atoms with van der Waals surface area (Å²) in [5.41, 5.74) is 1.72. The second kappa shape index (κ2) is 7.17. The molecule has 0 saturated carbocycles. The Labute approximate surface area is 118 Å². The molecule has 2 aromatic rings. The first-order valence-corrected chi connectivity index (χ1v) is 6.64. The van der Waals surface area contributed by atoms with Crippen LogP contribution in [0.25, 0.3) is 0 Å². The Balaban J connectivity index is 2.05. The Hall–Kier alpha value is -1.72. The van der Waals surface area contributed by atoms with Crippen molar-refractivity contribution < 1.29 is 9.13 Å². The fourth-order valence-corrected chi connectivity index (χ4v) is 2.09. The molecular weight excluding hydrogens is 257 g/mol. The van der Waals surface area contributed by atoms with Crippen LogP contribution < -0.4 is 0 Å². The number of H-pyrrole nitrogens is 1. The van der Waals surface area contributed by atoms with Gasteiger partial charge >= 0.3 is 0 Å². The number of hydrogen-bond acceptors (Lipinski definition) is 3. The van der Waals surface area contributed by atoms with Crippen LogP contribution in [0.4, 0.5) is 4.39 Å². The van der Waals surface area contributed by atoms with Crippen LogP contribution in [0.2, 0.25) is 0 Å². The van der Waals surface area contributed by atoms with Crippen molar-refractivity contribution in [3.8, 4) is 0 Å². The van der Waals surface area contributed by atoms with Gasteiger partial charge in [-0.25, -0.2) is 9.37 Å². The van der Waals surface area contributed by atoms with Crippen LogP contribution >= 0.6 is 0 Å². The molecule has 108 valence electrons. The zero-order chi connectivity index (χ0) is 14.4. The number of aromatic amines is 1. The molecule has 0 amide bonds. The van der Waals surface area contributed by atoms with E-state index >= 15 is 0 Å². The number of methoxy groups -OCH3 is 1. The van der Waals surface area contributed by atoms with Crippen molar-refractivity contribution in [2.45, 2.75) is 20.0 Å². The van der Waals surface area contributed by atoms with Gasteiger partial charge in [0.05, 0.1) is 6.61 Å². The van der Waals surface area contributed by atoms with Crippen molar-refractivity contribution in [3.05, 3.63) is 53.4 Å². The molecule has 1 heterocycles. The number of rotatable bonds is 7. The first-order valence-electron chi connectivity index (χ1n) is 6.64. The molecule has 5 heteroatoms. The van der Waals surface area contributed by atoms with Crippen LogP contribution in [0.3, 0.4) is 0 Å². The molecule has 0 fully saturated rings. The average Bonchev–Trinajstić information content (AvgIpc) is 2.84. The monoisotopic (exact) mass is 277 g/mol. The smallest absolute Gasteiger partial charge is 0.127 e. The zero-order valence-corrected chi connectivity index (χ0v) is 11.9. The van der Waals surface area contributed by atoms with E-state index in [0.29, 0.717) is 25.3 Å². The van der Waals surface area contributed by atoms with Crippen LogP contribution in [0.1, 0.15) is 17.1 Å². The first kappa shape index (κ1) is 14.7. The average molecular weight is 277 g/mol. The number of ether oxygens (including phenoxy) is 1. The van der Waals surface area contributed by atoms with Gasteiger partial charge in [-0.2, -0.15) is 0 Å². The third-order valence-electron chi connectivity index (χ3n) is 3.11. The summed E-state index contributed by atoms with van der Waals surface area (Å²) in [5, 5.41) is 0. The largest absolute Gasteiger partial charge is 0.383 e. The predicted octanol–water partition coefficient (Wildman–Crippen LogP) is 2.51. The molecule has 0 aliphatic carbocycles. The van der Waals surface area contributed by atoms with E-state index in [0.717, 1.165) is 18.1 Å². The maximum atomic E-state index is 13.7. The van der Waals surface area contributed by atoms with Gasteiger partial charge in [0.1, 0.15) is 11.6 Å². The Morgan fingerprint density at radius 3 is 2.75 bits per heavy atom. The summed E-state index contributed by atoms with van der Waals surface area (Å²) in [6, 6.07) is 6.86. The third-order valence-corrected chi connectivity index (χ3v) is 3.11. The maximum absolute atomic E-state index is 13.7. The fraction of sp³-hybridized carbons (Fsp3) is 0.400. The second-order valence-corrected chi connectivity index (χ2v) is 4.79. The Morgan fingerprint density at radius 1 is 1.30 bits per heavy atom. The Kier molecular flexibility index (Phi) is 5.26. The molecule has 0 atom stereocenters. The molecule has 0 radical (unpaired) electrons. The lowest BCUT2D eigenvalue weighted by Crippen LogP contribution is -2.27. The highest BCUT2D eigenvalue weighted by Crippen LogP contribution is 2.12. The van der Waals surface area contributed by atoms with Gasteiger partial charge in [0.25, 0.3) is 0 Å². The van der Waals surface area contributed by atoms with Crippen LogP contribution in [-0.4, -0.2) is 35.1 Å². The van der Waals surface area contributed by atoms with Gasteiger partial charge < -0.3 is 9.72 Å². The van der Waals surface area contributed by atoms with E-state index < -0.39 is 0 Å². The first-order chi connectivity index (χ1) is 9.69. The second-order valence-electron chi connectivity index (χ2n) is 4.79. The summed E-state index contributed by atoms with van der Waals surface area (Å²) in [4.78, 5) is 9.52. The van der Waals surface area contributed by atoms with Gasteiger partial charge in [-0.05, 0) is 13.0 Å². The summed E-state index contributed by atoms with van der Waals surface area (Å²) in [6.45, 7) is 4.51. The summed E-state index contributed by atoms with van der Waals surface area (Å²) < 4.78 is 18.9. The van der Waals surface area contributed by atoms with Crippen LogP contribution in [0.5, 0.6) is 0 Å². The molecule has 0 aliphatic heterocycles. The van der Waals surface area contributed by atoms with E-state index in [9.17, 15) is 4.39 Å². The van der Waals surface area contributed by atoms with Gasteiger partial charge in [0.2, 0.25) is 0 Å². The predicted molar refractivity (Wildman–Crippen MR) is 75.7 cm³/mol. The minimum Gasteiger partial charge on any atom is -0.383 e. The molecule has 2 rings (SSSR count). The van der Waals surface area contributed by atoms with Gasteiger partial charge in [-0.1, -0.05) is 18.2 Å². The minimum absolute atomic E-state index is 0.171. The maximum Gasteiger partial charge on any atom is 0.127 e. The number of imidazole rings is 1. The summed E-state index contributed by atoms with van der Waals surface area (Å²) >= 11 is 0. The van der Waals surface area contributed by atoms with Crippen LogP contribution in [-0.2, 0) is 17.8 Å². The number of halogens is 1. The van der Waals surface area contributed by atoms with E-state index in [4.69, 9.17) is 4.74 Å². The highest BCUT2D eigenvalue weighted by atomic mass is 19.1. The molecule has 20 heavy (non-hydrogen) atoms. The zero-order valence-electron chi connectivity index (χ0n) is 11.9. The van der Waals surface area contributed by atoms with Crippen molar-refractivity contribution in [1.82, 2.24) is 14.9 Å². The SMILES string of the molecule is COCCN(Cc1cnc(C)[nH]1)Cc1ccccc1F. The highest BCUT2D eigenvalue weighted by Gasteiger charge is 2.11. The number of nitrogens with zero attached hydrogens (tertiary/aromatic N) is 2. The summed E-state index contributed by atoms with van der Waals surface area (Å²) in [5.74, 6) is 0.716. The highest BCUT2D eigenvalue weighted by molar-refractivity contribution is 5.17. The molecule has 4 nitrogen and oxygen atoms in total. The fourth-order valence-electron chi connectivity index (χ4n) is 2.09. The summed E-state index contributed by atoms with van der Waals surface area (Å²) in [6.07, 6.45) is 1.82. The number of aryl methyl sites for hydroxylation is 1. The molecule has 1 aromatic carbocycles. The lowest BCUT2D eigenvalue weighted by atomic mass is 10.2. The Morgan fingerprint density at radius 2 is 2.10 bits per heavy atom. The van der Waals surface area contributed by atoms with Crippen molar-refractivity contribution in [3.63, 3.8) is 0 Å². The van der Waals surface area contributed by atoms with Gasteiger partial charge in [0.15, 0.2) is 0 Å². The van der Waals surface area contributed by atoms with Crippen molar-refractivity contribution in [2.75, 3.05) is 20.3 Å². The minimum atomic E-state index is -0.171. The molecule has 1 N–H and O–H groups in total. The van der Waals surface area contributed by atoms with E-state index in [2.05, 4.69) is 14.9 Å². The van der Waals surface area contributed by atoms with E-state index in [1.54, 1.807) is 13.2 Å². The van der Waals surface area contributed by atoms with Crippen LogP contribution in [0.15, 0.2) is 30.5 Å². The van der Waals surface area contributed by atoms with Crippen molar-refractivity contribution >= 4 is 0 Å². The van der Waals surface area contributed by atoms with Crippen molar-refractivity contribution in [1.29, 1.82) is 0 Å². The normalized spacial score (nSPS) is 11.2.